The molecule has 86 valence electrons. The largest absolute Gasteiger partial charge is 0.378 e. The van der Waals surface area contributed by atoms with Gasteiger partial charge in [-0.15, -0.1) is 12.4 Å². The first-order valence-corrected chi connectivity index (χ1v) is 4.86. The Morgan fingerprint density at radius 3 is 2.40 bits per heavy atom. The maximum atomic E-state index is 6.08. The number of nitrogens with two attached hydrogens (primary N) is 2. The Morgan fingerprint density at radius 2 is 2.00 bits per heavy atom. The molecule has 0 aliphatic heterocycles. The van der Waals surface area contributed by atoms with Crippen LogP contribution in [0.15, 0.2) is 18.2 Å². The van der Waals surface area contributed by atoms with Crippen LogP contribution in [0.25, 0.3) is 0 Å². The predicted octanol–water partition coefficient (Wildman–Crippen LogP) is 1.79. The topological polar surface area (TPSA) is 55.3 Å². The van der Waals surface area contributed by atoms with E-state index in [-0.39, 0.29) is 18.4 Å². The van der Waals surface area contributed by atoms with Gasteiger partial charge in [0.1, 0.15) is 0 Å². The molecular formula is C10H17Cl2N3. The van der Waals surface area contributed by atoms with Gasteiger partial charge in [-0.05, 0) is 17.7 Å². The standard InChI is InChI=1S/C10H16ClN3.ClH/c1-14(2)7-3-4-8(9(11)5-7)10(13)6-12;/h3-5,10H,6,12-13H2,1-2H3;1H/t10-;/m1./s1. The summed E-state index contributed by atoms with van der Waals surface area (Å²) in [7, 11) is 3.93. The first-order chi connectivity index (χ1) is 6.56. The van der Waals surface area contributed by atoms with Gasteiger partial charge < -0.3 is 16.4 Å². The number of nitrogens with zero attached hydrogens (tertiary/aromatic N) is 1. The molecule has 0 aliphatic rings. The molecule has 0 unspecified atom stereocenters. The Hall–Kier alpha value is -0.480. The molecule has 1 rings (SSSR count). The van der Waals surface area contributed by atoms with Crippen molar-refractivity contribution in [3.05, 3.63) is 28.8 Å². The fourth-order valence-electron chi connectivity index (χ4n) is 1.22. The van der Waals surface area contributed by atoms with E-state index in [9.17, 15) is 0 Å². The smallest absolute Gasteiger partial charge is 0.0474 e. The van der Waals surface area contributed by atoms with Crippen LogP contribution in [-0.4, -0.2) is 20.6 Å². The highest BCUT2D eigenvalue weighted by molar-refractivity contribution is 6.31. The van der Waals surface area contributed by atoms with Crippen LogP contribution in [0.2, 0.25) is 5.02 Å². The fourth-order valence-corrected chi connectivity index (χ4v) is 1.54. The molecule has 0 fully saturated rings. The zero-order chi connectivity index (χ0) is 10.7. The predicted molar refractivity (Wildman–Crippen MR) is 69.0 cm³/mol. The molecule has 0 saturated carbocycles. The Kier molecular flexibility index (Phi) is 5.98. The molecule has 0 radical (unpaired) electrons. The molecule has 0 spiro atoms. The molecular weight excluding hydrogens is 233 g/mol. The molecule has 15 heavy (non-hydrogen) atoms. The van der Waals surface area contributed by atoms with Crippen molar-refractivity contribution in [2.24, 2.45) is 11.5 Å². The third-order valence-electron chi connectivity index (χ3n) is 2.15. The summed E-state index contributed by atoms with van der Waals surface area (Å²) in [6, 6.07) is 5.62. The third kappa shape index (κ3) is 3.54. The van der Waals surface area contributed by atoms with Crippen LogP contribution in [0.1, 0.15) is 11.6 Å². The van der Waals surface area contributed by atoms with Crippen LogP contribution >= 0.6 is 24.0 Å². The molecule has 1 aromatic rings. The quantitative estimate of drug-likeness (QED) is 0.859. The van der Waals surface area contributed by atoms with Gasteiger partial charge in [0.2, 0.25) is 0 Å². The Balaban J connectivity index is 0.00000196. The average Bonchev–Trinajstić information content (AvgIpc) is 2.16. The first-order valence-electron chi connectivity index (χ1n) is 4.48. The van der Waals surface area contributed by atoms with E-state index in [0.29, 0.717) is 11.6 Å². The summed E-state index contributed by atoms with van der Waals surface area (Å²) in [5.41, 5.74) is 13.2. The lowest BCUT2D eigenvalue weighted by Crippen LogP contribution is -2.21. The molecule has 1 aromatic carbocycles. The Morgan fingerprint density at radius 1 is 1.40 bits per heavy atom. The number of rotatable bonds is 3. The van der Waals surface area contributed by atoms with Gasteiger partial charge in [0.25, 0.3) is 0 Å². The van der Waals surface area contributed by atoms with Crippen molar-refractivity contribution in [1.29, 1.82) is 0 Å². The zero-order valence-corrected chi connectivity index (χ0v) is 10.5. The van der Waals surface area contributed by atoms with Crippen molar-refractivity contribution >= 4 is 29.7 Å². The van der Waals surface area contributed by atoms with Crippen molar-refractivity contribution in [2.75, 3.05) is 25.5 Å². The van der Waals surface area contributed by atoms with Gasteiger partial charge in [0.05, 0.1) is 0 Å². The zero-order valence-electron chi connectivity index (χ0n) is 8.90. The van der Waals surface area contributed by atoms with Gasteiger partial charge in [0.15, 0.2) is 0 Å². The van der Waals surface area contributed by atoms with Gasteiger partial charge in [-0.3, -0.25) is 0 Å². The second-order valence-corrected chi connectivity index (χ2v) is 3.85. The van der Waals surface area contributed by atoms with E-state index < -0.39 is 0 Å². The van der Waals surface area contributed by atoms with Crippen molar-refractivity contribution in [2.45, 2.75) is 6.04 Å². The van der Waals surface area contributed by atoms with Crippen LogP contribution in [-0.2, 0) is 0 Å². The maximum absolute atomic E-state index is 6.08. The highest BCUT2D eigenvalue weighted by Crippen LogP contribution is 2.25. The highest BCUT2D eigenvalue weighted by Gasteiger charge is 2.09. The molecule has 0 aliphatic carbocycles. The normalized spacial score (nSPS) is 11.8. The molecule has 1 atom stereocenters. The van der Waals surface area contributed by atoms with Gasteiger partial charge in [-0.25, -0.2) is 0 Å². The molecule has 0 aromatic heterocycles. The monoisotopic (exact) mass is 249 g/mol. The van der Waals surface area contributed by atoms with Gasteiger partial charge in [0, 0.05) is 37.4 Å². The van der Waals surface area contributed by atoms with Crippen LogP contribution in [0.5, 0.6) is 0 Å². The van der Waals surface area contributed by atoms with Crippen LogP contribution in [0, 0.1) is 0 Å². The Bertz CT molecular complexity index is 316. The maximum Gasteiger partial charge on any atom is 0.0474 e. The highest BCUT2D eigenvalue weighted by atomic mass is 35.5. The summed E-state index contributed by atoms with van der Waals surface area (Å²) < 4.78 is 0. The van der Waals surface area contributed by atoms with Crippen LogP contribution in [0.4, 0.5) is 5.69 Å². The minimum atomic E-state index is -0.182. The molecule has 4 N–H and O–H groups in total. The van der Waals surface area contributed by atoms with E-state index in [0.717, 1.165) is 11.3 Å². The molecule has 0 heterocycles. The molecule has 3 nitrogen and oxygen atoms in total. The van der Waals surface area contributed by atoms with Gasteiger partial charge in [-0.2, -0.15) is 0 Å². The molecule has 5 heteroatoms. The van der Waals surface area contributed by atoms with Crippen molar-refractivity contribution in [3.63, 3.8) is 0 Å². The van der Waals surface area contributed by atoms with E-state index in [1.807, 2.05) is 37.2 Å². The second kappa shape index (κ2) is 6.18. The minimum Gasteiger partial charge on any atom is -0.378 e. The summed E-state index contributed by atoms with van der Waals surface area (Å²) in [5.74, 6) is 0. The van der Waals surface area contributed by atoms with E-state index in [2.05, 4.69) is 0 Å². The summed E-state index contributed by atoms with van der Waals surface area (Å²) in [6.07, 6.45) is 0. The molecule has 0 saturated heterocycles. The van der Waals surface area contributed by atoms with Crippen molar-refractivity contribution < 1.29 is 0 Å². The number of hydrogen-bond donors (Lipinski definition) is 2. The number of anilines is 1. The first kappa shape index (κ1) is 14.5. The van der Waals surface area contributed by atoms with Gasteiger partial charge in [-0.1, -0.05) is 17.7 Å². The number of hydrogen-bond acceptors (Lipinski definition) is 3. The summed E-state index contributed by atoms with van der Waals surface area (Å²) in [4.78, 5) is 1.99. The van der Waals surface area contributed by atoms with E-state index in [1.54, 1.807) is 0 Å². The lowest BCUT2D eigenvalue weighted by molar-refractivity contribution is 0.737. The molecule has 0 bridgehead atoms. The SMILES string of the molecule is CN(C)c1ccc([C@H](N)CN)c(Cl)c1.Cl. The number of halogens is 2. The molecule has 0 amide bonds. The third-order valence-corrected chi connectivity index (χ3v) is 2.48. The minimum absolute atomic E-state index is 0. The lowest BCUT2D eigenvalue weighted by atomic mass is 10.1. The summed E-state index contributed by atoms with van der Waals surface area (Å²) in [6.45, 7) is 0.404. The van der Waals surface area contributed by atoms with Crippen LogP contribution < -0.4 is 16.4 Å². The Labute approximate surface area is 102 Å². The summed E-state index contributed by atoms with van der Waals surface area (Å²) >= 11 is 6.08. The van der Waals surface area contributed by atoms with E-state index in [4.69, 9.17) is 23.1 Å². The lowest BCUT2D eigenvalue weighted by Gasteiger charge is -2.16. The van der Waals surface area contributed by atoms with Crippen molar-refractivity contribution in [3.8, 4) is 0 Å². The van der Waals surface area contributed by atoms with E-state index >= 15 is 0 Å². The van der Waals surface area contributed by atoms with E-state index in [1.165, 1.54) is 0 Å². The number of benzene rings is 1. The summed E-state index contributed by atoms with van der Waals surface area (Å²) in [5, 5.41) is 0.675. The fraction of sp³-hybridized carbons (Fsp3) is 0.400. The van der Waals surface area contributed by atoms with Crippen molar-refractivity contribution in [1.82, 2.24) is 0 Å². The van der Waals surface area contributed by atoms with Gasteiger partial charge >= 0.3 is 0 Å². The van der Waals surface area contributed by atoms with Crippen LogP contribution in [0.3, 0.4) is 0 Å². The average molecular weight is 250 g/mol. The second-order valence-electron chi connectivity index (χ2n) is 3.44.